The van der Waals surface area contributed by atoms with E-state index in [1.165, 1.54) is 12.1 Å². The van der Waals surface area contributed by atoms with Gasteiger partial charge in [0.05, 0.1) is 4.92 Å². The molecule has 0 aliphatic rings. The lowest BCUT2D eigenvalue weighted by atomic mass is 10.2. The molecule has 11 heteroatoms. The monoisotopic (exact) mass is 453 g/mol. The summed E-state index contributed by atoms with van der Waals surface area (Å²) in [6, 6.07) is 10.1. The van der Waals surface area contributed by atoms with Crippen LogP contribution in [0.1, 0.15) is 23.2 Å². The van der Waals surface area contributed by atoms with Crippen LogP contribution < -0.4 is 10.6 Å². The van der Waals surface area contributed by atoms with Crippen LogP contribution in [0.3, 0.4) is 0 Å². The van der Waals surface area contributed by atoms with Crippen molar-refractivity contribution < 1.29 is 24.0 Å². The SMILES string of the molecule is O=C(COC(=O)CCCNC(=O)c1ccc(Cl)cc1)Nc1ccc(Cl)cc1[N+](=O)[O-]. The van der Waals surface area contributed by atoms with E-state index < -0.39 is 23.4 Å². The van der Waals surface area contributed by atoms with Gasteiger partial charge in [0, 0.05) is 34.6 Å². The Morgan fingerprint density at radius 1 is 1.03 bits per heavy atom. The van der Waals surface area contributed by atoms with Gasteiger partial charge in [0.25, 0.3) is 17.5 Å². The van der Waals surface area contributed by atoms with Crippen LogP contribution in [0.15, 0.2) is 42.5 Å². The number of anilines is 1. The van der Waals surface area contributed by atoms with Gasteiger partial charge in [-0.15, -0.1) is 0 Å². The first-order chi connectivity index (χ1) is 14.3. The highest BCUT2D eigenvalue weighted by Gasteiger charge is 2.17. The number of nitrogens with zero attached hydrogens (tertiary/aromatic N) is 1. The Balaban J connectivity index is 1.69. The lowest BCUT2D eigenvalue weighted by Gasteiger charge is -2.08. The van der Waals surface area contributed by atoms with Gasteiger partial charge in [-0.3, -0.25) is 24.5 Å². The second kappa shape index (κ2) is 11.1. The molecule has 2 N–H and O–H groups in total. The molecule has 2 aromatic carbocycles. The molecule has 0 heterocycles. The lowest BCUT2D eigenvalue weighted by molar-refractivity contribution is -0.383. The maximum atomic E-state index is 11.9. The van der Waals surface area contributed by atoms with E-state index in [2.05, 4.69) is 10.6 Å². The minimum atomic E-state index is -0.732. The van der Waals surface area contributed by atoms with Crippen LogP contribution in [0.25, 0.3) is 0 Å². The third-order valence-corrected chi connectivity index (χ3v) is 4.23. The first-order valence-corrected chi connectivity index (χ1v) is 9.45. The largest absolute Gasteiger partial charge is 0.456 e. The molecule has 0 unspecified atom stereocenters. The minimum Gasteiger partial charge on any atom is -0.456 e. The predicted molar refractivity (Wildman–Crippen MR) is 111 cm³/mol. The molecule has 0 atom stereocenters. The van der Waals surface area contributed by atoms with Crippen LogP contribution in [-0.2, 0) is 14.3 Å². The molecular weight excluding hydrogens is 437 g/mol. The fourth-order valence-corrected chi connectivity index (χ4v) is 2.60. The molecule has 0 fully saturated rings. The van der Waals surface area contributed by atoms with Crippen molar-refractivity contribution >= 4 is 52.4 Å². The fraction of sp³-hybridized carbons (Fsp3) is 0.211. The molecule has 158 valence electrons. The number of benzene rings is 2. The number of halogens is 2. The quantitative estimate of drug-likeness (QED) is 0.258. The number of amides is 2. The van der Waals surface area contributed by atoms with Crippen molar-refractivity contribution in [1.82, 2.24) is 5.32 Å². The summed E-state index contributed by atoms with van der Waals surface area (Å²) in [6.45, 7) is -0.366. The Morgan fingerprint density at radius 3 is 2.37 bits per heavy atom. The van der Waals surface area contributed by atoms with E-state index in [0.29, 0.717) is 17.0 Å². The minimum absolute atomic E-state index is 0.0186. The Morgan fingerprint density at radius 2 is 1.70 bits per heavy atom. The number of ether oxygens (including phenoxy) is 1. The summed E-state index contributed by atoms with van der Waals surface area (Å²) in [5.41, 5.74) is 0.00362. The fourth-order valence-electron chi connectivity index (χ4n) is 2.30. The average Bonchev–Trinajstić information content (AvgIpc) is 2.71. The third-order valence-electron chi connectivity index (χ3n) is 3.74. The molecule has 30 heavy (non-hydrogen) atoms. The van der Waals surface area contributed by atoms with Crippen molar-refractivity contribution in [3.8, 4) is 0 Å². The van der Waals surface area contributed by atoms with Crippen molar-refractivity contribution in [3.63, 3.8) is 0 Å². The highest BCUT2D eigenvalue weighted by atomic mass is 35.5. The second-order valence-electron chi connectivity index (χ2n) is 5.99. The number of esters is 1. The first-order valence-electron chi connectivity index (χ1n) is 8.69. The van der Waals surface area contributed by atoms with Gasteiger partial charge in [0.15, 0.2) is 6.61 Å². The maximum absolute atomic E-state index is 11.9. The van der Waals surface area contributed by atoms with Crippen LogP contribution in [-0.4, -0.2) is 35.9 Å². The van der Waals surface area contributed by atoms with Crippen LogP contribution >= 0.6 is 23.2 Å². The zero-order valence-corrected chi connectivity index (χ0v) is 17.0. The standard InChI is InChI=1S/C19H17Cl2N3O6/c20-13-5-3-12(4-6-13)19(27)22-9-1-2-18(26)30-11-17(25)23-15-8-7-14(21)10-16(15)24(28)29/h3-8,10H,1-2,9,11H2,(H,22,27)(H,23,25). The molecule has 0 aromatic heterocycles. The predicted octanol–water partition coefficient (Wildman–Crippen LogP) is 3.59. The van der Waals surface area contributed by atoms with Crippen molar-refractivity contribution in [1.29, 1.82) is 0 Å². The molecule has 0 spiro atoms. The summed E-state index contributed by atoms with van der Waals surface area (Å²) in [6.07, 6.45) is 0.289. The molecule has 0 aliphatic carbocycles. The number of hydrogen-bond donors (Lipinski definition) is 2. The van der Waals surface area contributed by atoms with E-state index in [0.717, 1.165) is 6.07 Å². The number of hydrogen-bond acceptors (Lipinski definition) is 6. The molecule has 0 saturated heterocycles. The normalized spacial score (nSPS) is 10.2. The number of carbonyl (C=O) groups excluding carboxylic acids is 3. The summed E-state index contributed by atoms with van der Waals surface area (Å²) in [7, 11) is 0. The van der Waals surface area contributed by atoms with Crippen LogP contribution in [0.4, 0.5) is 11.4 Å². The van der Waals surface area contributed by atoms with Crippen LogP contribution in [0, 0.1) is 10.1 Å². The van der Waals surface area contributed by atoms with Gasteiger partial charge in [-0.05, 0) is 42.8 Å². The zero-order chi connectivity index (χ0) is 22.1. The first kappa shape index (κ1) is 23.1. The maximum Gasteiger partial charge on any atom is 0.306 e. The molecule has 0 radical (unpaired) electrons. The third kappa shape index (κ3) is 7.34. The summed E-state index contributed by atoms with van der Waals surface area (Å²) in [4.78, 5) is 45.8. The van der Waals surface area contributed by atoms with Crippen LogP contribution in [0.5, 0.6) is 0 Å². The number of nitro groups is 1. The summed E-state index contributed by atoms with van der Waals surface area (Å²) >= 11 is 11.5. The molecule has 0 saturated carbocycles. The highest BCUT2D eigenvalue weighted by Crippen LogP contribution is 2.27. The summed E-state index contributed by atoms with van der Waals surface area (Å²) in [5.74, 6) is -1.68. The van der Waals surface area contributed by atoms with Crippen molar-refractivity contribution in [2.45, 2.75) is 12.8 Å². The van der Waals surface area contributed by atoms with E-state index in [9.17, 15) is 24.5 Å². The Labute approximate surface area is 181 Å². The Bertz CT molecular complexity index is 950. The van der Waals surface area contributed by atoms with E-state index >= 15 is 0 Å². The Kier molecular flexibility index (Phi) is 8.57. The molecule has 2 rings (SSSR count). The van der Waals surface area contributed by atoms with Crippen molar-refractivity contribution in [3.05, 3.63) is 68.2 Å². The van der Waals surface area contributed by atoms with Gasteiger partial charge in [-0.2, -0.15) is 0 Å². The van der Waals surface area contributed by atoms with E-state index in [4.69, 9.17) is 27.9 Å². The summed E-state index contributed by atoms with van der Waals surface area (Å²) < 4.78 is 4.83. The van der Waals surface area contributed by atoms with Gasteiger partial charge in [-0.25, -0.2) is 0 Å². The van der Waals surface area contributed by atoms with Gasteiger partial charge >= 0.3 is 5.97 Å². The molecule has 0 aliphatic heterocycles. The van der Waals surface area contributed by atoms with E-state index in [1.807, 2.05) is 0 Å². The topological polar surface area (TPSA) is 128 Å². The number of nitrogens with one attached hydrogen (secondary N) is 2. The summed E-state index contributed by atoms with van der Waals surface area (Å²) in [5, 5.41) is 16.6. The van der Waals surface area contributed by atoms with Gasteiger partial charge in [0.1, 0.15) is 5.69 Å². The van der Waals surface area contributed by atoms with Gasteiger partial charge in [0.2, 0.25) is 0 Å². The van der Waals surface area contributed by atoms with Crippen molar-refractivity contribution in [2.75, 3.05) is 18.5 Å². The van der Waals surface area contributed by atoms with Gasteiger partial charge in [-0.1, -0.05) is 23.2 Å². The number of carbonyl (C=O) groups is 3. The molecule has 9 nitrogen and oxygen atoms in total. The molecule has 2 amide bonds. The van der Waals surface area contributed by atoms with Gasteiger partial charge < -0.3 is 15.4 Å². The zero-order valence-electron chi connectivity index (χ0n) is 15.5. The van der Waals surface area contributed by atoms with Crippen LogP contribution in [0.2, 0.25) is 10.0 Å². The molecule has 0 bridgehead atoms. The Hall–Kier alpha value is -3.17. The second-order valence-corrected chi connectivity index (χ2v) is 6.87. The van der Waals surface area contributed by atoms with E-state index in [1.54, 1.807) is 24.3 Å². The van der Waals surface area contributed by atoms with Crippen molar-refractivity contribution in [2.24, 2.45) is 0 Å². The average molecular weight is 454 g/mol. The smallest absolute Gasteiger partial charge is 0.306 e. The highest BCUT2D eigenvalue weighted by molar-refractivity contribution is 6.31. The number of rotatable bonds is 9. The number of nitro benzene ring substituents is 1. The molecular formula is C19H17Cl2N3O6. The molecule has 2 aromatic rings. The van der Waals surface area contributed by atoms with E-state index in [-0.39, 0.29) is 35.3 Å². The lowest BCUT2D eigenvalue weighted by Crippen LogP contribution is -2.25.